The second-order valence-corrected chi connectivity index (χ2v) is 9.82. The van der Waals surface area contributed by atoms with Gasteiger partial charge in [-0.05, 0) is 36.9 Å². The molecule has 1 aromatic heterocycles. The number of carboxylic acid groups (broad SMARTS) is 1. The number of benzene rings is 2. The van der Waals surface area contributed by atoms with Gasteiger partial charge in [-0.25, -0.2) is 14.6 Å². The second-order valence-electron chi connectivity index (χ2n) is 9.82. The van der Waals surface area contributed by atoms with Crippen molar-refractivity contribution in [2.24, 2.45) is 5.73 Å². The number of H-pyrrole nitrogens is 1. The number of nitrogens with two attached hydrogens (primary N) is 1. The third-order valence-corrected chi connectivity index (χ3v) is 6.50. The van der Waals surface area contributed by atoms with Gasteiger partial charge in [0.1, 0.15) is 25.8 Å². The van der Waals surface area contributed by atoms with E-state index in [1.165, 1.54) is 12.5 Å². The molecule has 44 heavy (non-hydrogen) atoms. The van der Waals surface area contributed by atoms with E-state index in [9.17, 15) is 24.0 Å². The van der Waals surface area contributed by atoms with E-state index in [4.69, 9.17) is 20.3 Å². The van der Waals surface area contributed by atoms with Crippen LogP contribution in [0.15, 0.2) is 73.2 Å². The first-order valence-electron chi connectivity index (χ1n) is 13.9. The molecule has 0 radical (unpaired) electrons. The molecule has 7 N–H and O–H groups in total. The molecule has 0 aliphatic carbocycles. The lowest BCUT2D eigenvalue weighted by atomic mass is 9.90. The molecule has 234 valence electrons. The molecule has 0 aliphatic heterocycles. The van der Waals surface area contributed by atoms with E-state index in [0.29, 0.717) is 23.2 Å². The van der Waals surface area contributed by atoms with Crippen molar-refractivity contribution in [1.29, 1.82) is 0 Å². The van der Waals surface area contributed by atoms with Crippen LogP contribution in [0.2, 0.25) is 0 Å². The van der Waals surface area contributed by atoms with Crippen LogP contribution in [0.5, 0.6) is 0 Å². The van der Waals surface area contributed by atoms with Crippen LogP contribution < -0.4 is 21.7 Å². The third-order valence-electron chi connectivity index (χ3n) is 6.50. The van der Waals surface area contributed by atoms with Crippen molar-refractivity contribution in [1.82, 2.24) is 25.9 Å². The Morgan fingerprint density at radius 2 is 1.57 bits per heavy atom. The Labute approximate surface area is 253 Å². The number of amides is 3. The number of aliphatic carboxylic acids is 1. The minimum Gasteiger partial charge on any atom is -0.480 e. The lowest BCUT2D eigenvalue weighted by Gasteiger charge is -2.32. The van der Waals surface area contributed by atoms with E-state index >= 15 is 0 Å². The average Bonchev–Trinajstić information content (AvgIpc) is 3.55. The van der Waals surface area contributed by atoms with Crippen LogP contribution in [0.3, 0.4) is 0 Å². The maximum atomic E-state index is 14.1. The van der Waals surface area contributed by atoms with Crippen LogP contribution in [0.4, 0.5) is 4.79 Å². The summed E-state index contributed by atoms with van der Waals surface area (Å²) in [7, 11) is 0. The Balaban J connectivity index is 1.92. The van der Waals surface area contributed by atoms with Crippen molar-refractivity contribution in [3.05, 3.63) is 90.0 Å². The van der Waals surface area contributed by atoms with Crippen molar-refractivity contribution >= 4 is 29.8 Å². The molecule has 0 aliphatic rings. The molecule has 1 heterocycles. The fraction of sp³-hybridized carbons (Fsp3) is 0.333. The van der Waals surface area contributed by atoms with Crippen molar-refractivity contribution in [2.45, 2.75) is 50.5 Å². The molecule has 3 rings (SSSR count). The lowest BCUT2D eigenvalue weighted by molar-refractivity contribution is -0.158. The SMILES string of the molecule is NCCCC[C@](NC(=O)OCc1ccccc1)(C(=O)N[C@@H](Cc1cnc[nH]1)C(=O)NCC(=O)O)C(=O)OCc1ccccc1. The molecule has 0 saturated heterocycles. The zero-order valence-electron chi connectivity index (χ0n) is 24.0. The first-order chi connectivity index (χ1) is 21.2. The molecule has 3 aromatic rings. The molecule has 14 nitrogen and oxygen atoms in total. The van der Waals surface area contributed by atoms with E-state index in [2.05, 4.69) is 25.9 Å². The predicted molar refractivity (Wildman–Crippen MR) is 157 cm³/mol. The van der Waals surface area contributed by atoms with Crippen LogP contribution in [0.1, 0.15) is 36.1 Å². The second kappa shape index (κ2) is 17.0. The van der Waals surface area contributed by atoms with Gasteiger partial charge in [-0.2, -0.15) is 0 Å². The third kappa shape index (κ3) is 10.2. The highest BCUT2D eigenvalue weighted by Crippen LogP contribution is 2.20. The maximum absolute atomic E-state index is 14.1. The van der Waals surface area contributed by atoms with Crippen LogP contribution in [0, 0.1) is 0 Å². The summed E-state index contributed by atoms with van der Waals surface area (Å²) in [6.45, 7) is -0.816. The molecule has 2 atom stereocenters. The number of carbonyl (C=O) groups is 5. The number of unbranched alkanes of at least 4 members (excludes halogenated alkanes) is 1. The molecular weight excluding hydrogens is 572 g/mol. The standard InChI is InChI=1S/C30H36N6O8/c31-14-8-7-13-30(28(41)43-18-21-9-3-1-4-10-21,36-29(42)44-19-22-11-5-2-6-12-22)27(40)35-24(15-23-16-32-20-34-23)26(39)33-17-25(37)38/h1-6,9-12,16,20,24H,7-8,13-15,17-19,31H2,(H,32,34)(H,33,39)(H,35,40)(H,36,42)(H,37,38)/t24-,30-/m0/s1. The normalized spacial score (nSPS) is 12.7. The van der Waals surface area contributed by atoms with Crippen molar-refractivity contribution in [3.8, 4) is 0 Å². The van der Waals surface area contributed by atoms with Crippen LogP contribution >= 0.6 is 0 Å². The number of carbonyl (C=O) groups excluding carboxylic acids is 4. The van der Waals surface area contributed by atoms with Gasteiger partial charge < -0.3 is 35.9 Å². The van der Waals surface area contributed by atoms with E-state index in [1.54, 1.807) is 60.7 Å². The number of aromatic amines is 1. The van der Waals surface area contributed by atoms with Crippen LogP contribution in [-0.2, 0) is 48.3 Å². The highest BCUT2D eigenvalue weighted by atomic mass is 16.6. The van der Waals surface area contributed by atoms with Gasteiger partial charge in [0, 0.05) is 18.3 Å². The fourth-order valence-corrected chi connectivity index (χ4v) is 4.19. The van der Waals surface area contributed by atoms with Crippen molar-refractivity contribution in [2.75, 3.05) is 13.1 Å². The molecule has 0 spiro atoms. The van der Waals surface area contributed by atoms with Gasteiger partial charge in [-0.1, -0.05) is 60.7 Å². The van der Waals surface area contributed by atoms with E-state index in [0.717, 1.165) is 0 Å². The van der Waals surface area contributed by atoms with Crippen LogP contribution in [-0.4, -0.2) is 69.6 Å². The molecule has 0 fully saturated rings. The van der Waals surface area contributed by atoms with E-state index in [1.807, 2.05) is 0 Å². The summed E-state index contributed by atoms with van der Waals surface area (Å²) in [4.78, 5) is 71.7. The minimum atomic E-state index is -2.34. The Hall–Kier alpha value is -5.24. The van der Waals surface area contributed by atoms with Gasteiger partial charge in [-0.3, -0.25) is 19.7 Å². The number of alkyl carbamates (subject to hydrolysis) is 1. The van der Waals surface area contributed by atoms with Gasteiger partial charge in [0.25, 0.3) is 5.91 Å². The summed E-state index contributed by atoms with van der Waals surface area (Å²) in [5, 5.41) is 16.2. The first kappa shape index (κ1) is 33.3. The van der Waals surface area contributed by atoms with Gasteiger partial charge in [-0.15, -0.1) is 0 Å². The molecule has 2 aromatic carbocycles. The molecular formula is C30H36N6O8. The number of carboxylic acids is 1. The highest BCUT2D eigenvalue weighted by molar-refractivity contribution is 6.10. The topological polar surface area (TPSA) is 215 Å². The zero-order chi connectivity index (χ0) is 31.8. The summed E-state index contributed by atoms with van der Waals surface area (Å²) in [5.74, 6) is -4.28. The van der Waals surface area contributed by atoms with Crippen LogP contribution in [0.25, 0.3) is 0 Å². The van der Waals surface area contributed by atoms with Gasteiger partial charge >= 0.3 is 18.0 Å². The van der Waals surface area contributed by atoms with Crippen molar-refractivity contribution < 1.29 is 38.6 Å². The number of ether oxygens (including phenoxy) is 2. The number of rotatable bonds is 17. The summed E-state index contributed by atoms with van der Waals surface area (Å²) in [5.41, 5.74) is 5.08. The Morgan fingerprint density at radius 1 is 0.932 bits per heavy atom. The minimum absolute atomic E-state index is 0.131. The monoisotopic (exact) mass is 608 g/mol. The number of aromatic nitrogens is 2. The molecule has 0 unspecified atom stereocenters. The number of esters is 1. The van der Waals surface area contributed by atoms with Gasteiger partial charge in [0.2, 0.25) is 11.4 Å². The summed E-state index contributed by atoms with van der Waals surface area (Å²) in [6, 6.07) is 16.2. The zero-order valence-corrected chi connectivity index (χ0v) is 24.0. The Morgan fingerprint density at radius 3 is 2.14 bits per heavy atom. The molecule has 0 saturated carbocycles. The summed E-state index contributed by atoms with van der Waals surface area (Å²) >= 11 is 0. The van der Waals surface area contributed by atoms with Crippen molar-refractivity contribution in [3.63, 3.8) is 0 Å². The van der Waals surface area contributed by atoms with Gasteiger partial charge in [0.05, 0.1) is 6.33 Å². The summed E-state index contributed by atoms with van der Waals surface area (Å²) in [6.07, 6.45) is 1.97. The van der Waals surface area contributed by atoms with E-state index in [-0.39, 0.29) is 39.0 Å². The number of nitrogens with one attached hydrogen (secondary N) is 4. The predicted octanol–water partition coefficient (Wildman–Crippen LogP) is 1.18. The Bertz CT molecular complexity index is 1370. The largest absolute Gasteiger partial charge is 0.480 e. The molecule has 3 amide bonds. The molecule has 14 heteroatoms. The smallest absolute Gasteiger partial charge is 0.408 e. The number of nitrogens with zero attached hydrogens (tertiary/aromatic N) is 1. The maximum Gasteiger partial charge on any atom is 0.408 e. The molecule has 0 bridgehead atoms. The summed E-state index contributed by atoms with van der Waals surface area (Å²) < 4.78 is 10.9. The first-order valence-corrected chi connectivity index (χ1v) is 13.9. The van der Waals surface area contributed by atoms with Gasteiger partial charge in [0.15, 0.2) is 0 Å². The fourth-order valence-electron chi connectivity index (χ4n) is 4.19. The number of imidazole rings is 1. The Kier molecular flexibility index (Phi) is 12.9. The highest BCUT2D eigenvalue weighted by Gasteiger charge is 2.50. The number of hydrogen-bond acceptors (Lipinski definition) is 9. The average molecular weight is 609 g/mol. The van der Waals surface area contributed by atoms with E-state index < -0.39 is 48.0 Å². The number of hydrogen-bond donors (Lipinski definition) is 6. The lowest BCUT2D eigenvalue weighted by Crippen LogP contribution is -2.66. The quantitative estimate of drug-likeness (QED) is 0.0731.